The first kappa shape index (κ1) is 27.7. The number of amides is 4. The predicted molar refractivity (Wildman–Crippen MR) is 135 cm³/mol. The lowest BCUT2D eigenvalue weighted by Gasteiger charge is -2.25. The second-order valence-electron chi connectivity index (χ2n) is 9.57. The zero-order valence-electron chi connectivity index (χ0n) is 20.9. The lowest BCUT2D eigenvalue weighted by Crippen LogP contribution is -2.58. The zero-order chi connectivity index (χ0) is 27.1. The summed E-state index contributed by atoms with van der Waals surface area (Å²) in [4.78, 5) is 65.5. The molecule has 1 fully saturated rings. The molecular weight excluding hydrogens is 480 g/mol. The highest BCUT2D eigenvalue weighted by molar-refractivity contribution is 5.96. The zero-order valence-corrected chi connectivity index (χ0v) is 20.9. The van der Waals surface area contributed by atoms with Crippen LogP contribution in [0.25, 0.3) is 10.9 Å². The van der Waals surface area contributed by atoms with Gasteiger partial charge >= 0.3 is 5.97 Å². The van der Waals surface area contributed by atoms with Crippen LogP contribution in [-0.4, -0.2) is 70.4 Å². The van der Waals surface area contributed by atoms with Gasteiger partial charge in [-0.1, -0.05) is 32.0 Å². The van der Waals surface area contributed by atoms with E-state index >= 15 is 0 Å². The maximum Gasteiger partial charge on any atom is 0.326 e. The number of benzene rings is 1. The van der Waals surface area contributed by atoms with Gasteiger partial charge in [-0.2, -0.15) is 0 Å². The summed E-state index contributed by atoms with van der Waals surface area (Å²) in [5.41, 5.74) is 6.94. The molecule has 1 aliphatic heterocycles. The number of primary amides is 1. The Morgan fingerprint density at radius 2 is 1.76 bits per heavy atom. The average Bonchev–Trinajstić information content (AvgIpc) is 3.51. The van der Waals surface area contributed by atoms with E-state index in [2.05, 4.69) is 26.3 Å². The Kier molecular flexibility index (Phi) is 9.23. The van der Waals surface area contributed by atoms with E-state index in [4.69, 9.17) is 5.73 Å². The normalized spacial score (nSPS) is 17.6. The first-order valence-corrected chi connectivity index (χ1v) is 12.3. The quantitative estimate of drug-likeness (QED) is 0.199. The summed E-state index contributed by atoms with van der Waals surface area (Å²) in [6.07, 6.45) is 2.78. The Hall–Kier alpha value is -3.93. The molecular formula is C25H34N6O6. The van der Waals surface area contributed by atoms with Gasteiger partial charge in [0.15, 0.2) is 0 Å². The molecule has 4 unspecified atom stereocenters. The Balaban J connectivity index is 1.82. The number of fused-ring (bicyclic) bond motifs is 1. The second kappa shape index (κ2) is 12.3. The van der Waals surface area contributed by atoms with Gasteiger partial charge in [0, 0.05) is 23.5 Å². The number of carboxylic acids is 1. The SMILES string of the molecule is CC(C)C(NC(=O)C(CC(N)=O)NC(=O)C(Cc1c[nH]c2ccccc12)NC(=O)C1CCCN1)C(=O)O. The Morgan fingerprint density at radius 1 is 1.05 bits per heavy atom. The van der Waals surface area contributed by atoms with E-state index in [-0.39, 0.29) is 12.3 Å². The number of aromatic amines is 1. The van der Waals surface area contributed by atoms with E-state index in [0.717, 1.165) is 22.9 Å². The topological polar surface area (TPSA) is 196 Å². The van der Waals surface area contributed by atoms with E-state index in [0.29, 0.717) is 13.0 Å². The summed E-state index contributed by atoms with van der Waals surface area (Å²) in [6, 6.07) is 3.34. The van der Waals surface area contributed by atoms with Crippen molar-refractivity contribution in [2.75, 3.05) is 6.54 Å². The molecule has 8 N–H and O–H groups in total. The molecule has 4 atom stereocenters. The van der Waals surface area contributed by atoms with Crippen molar-refractivity contribution in [1.82, 2.24) is 26.3 Å². The molecule has 200 valence electrons. The van der Waals surface area contributed by atoms with Gasteiger partial charge in [0.05, 0.1) is 12.5 Å². The van der Waals surface area contributed by atoms with Gasteiger partial charge in [-0.15, -0.1) is 0 Å². The van der Waals surface area contributed by atoms with Gasteiger partial charge in [0.2, 0.25) is 23.6 Å². The number of carbonyl (C=O) groups excluding carboxylic acids is 4. The van der Waals surface area contributed by atoms with Gasteiger partial charge in [-0.25, -0.2) is 4.79 Å². The molecule has 2 aromatic rings. The minimum atomic E-state index is -1.42. The predicted octanol–water partition coefficient (Wildman–Crippen LogP) is -0.467. The highest BCUT2D eigenvalue weighted by atomic mass is 16.4. The van der Waals surface area contributed by atoms with Crippen LogP contribution in [0.4, 0.5) is 0 Å². The fourth-order valence-corrected chi connectivity index (χ4v) is 4.36. The first-order valence-electron chi connectivity index (χ1n) is 12.3. The molecule has 0 spiro atoms. The van der Waals surface area contributed by atoms with Gasteiger partial charge in [0.25, 0.3) is 0 Å². The number of para-hydroxylation sites is 1. The second-order valence-corrected chi connectivity index (χ2v) is 9.57. The molecule has 12 nitrogen and oxygen atoms in total. The molecule has 4 amide bonds. The van der Waals surface area contributed by atoms with E-state index in [9.17, 15) is 29.1 Å². The highest BCUT2D eigenvalue weighted by Gasteiger charge is 2.33. The van der Waals surface area contributed by atoms with E-state index in [1.807, 2.05) is 24.3 Å². The van der Waals surface area contributed by atoms with Crippen molar-refractivity contribution < 1.29 is 29.1 Å². The van der Waals surface area contributed by atoms with Crippen LogP contribution in [0.5, 0.6) is 0 Å². The average molecular weight is 515 g/mol. The number of hydrogen-bond acceptors (Lipinski definition) is 6. The number of carbonyl (C=O) groups is 5. The summed E-state index contributed by atoms with van der Waals surface area (Å²) in [6.45, 7) is 3.92. The summed E-state index contributed by atoms with van der Waals surface area (Å²) >= 11 is 0. The van der Waals surface area contributed by atoms with Crippen LogP contribution in [0, 0.1) is 5.92 Å². The summed E-state index contributed by atoms with van der Waals surface area (Å²) in [7, 11) is 0. The summed E-state index contributed by atoms with van der Waals surface area (Å²) in [5, 5.41) is 21.0. The molecule has 37 heavy (non-hydrogen) atoms. The molecule has 0 saturated carbocycles. The maximum absolute atomic E-state index is 13.4. The molecule has 1 aromatic carbocycles. The summed E-state index contributed by atoms with van der Waals surface area (Å²) in [5.74, 6) is -4.46. The molecule has 3 rings (SSSR count). The van der Waals surface area contributed by atoms with Crippen LogP contribution in [0.2, 0.25) is 0 Å². The Morgan fingerprint density at radius 3 is 2.38 bits per heavy atom. The van der Waals surface area contributed by atoms with Crippen molar-refractivity contribution in [2.24, 2.45) is 11.7 Å². The Bertz CT molecular complexity index is 1160. The van der Waals surface area contributed by atoms with Gasteiger partial charge in [0.1, 0.15) is 18.1 Å². The van der Waals surface area contributed by atoms with Crippen molar-refractivity contribution in [2.45, 2.75) is 63.7 Å². The third-order valence-corrected chi connectivity index (χ3v) is 6.38. The number of rotatable bonds is 12. The van der Waals surface area contributed by atoms with E-state index < -0.39 is 60.2 Å². The van der Waals surface area contributed by atoms with Crippen LogP contribution in [0.1, 0.15) is 38.7 Å². The minimum Gasteiger partial charge on any atom is -0.480 e. The number of carboxylic acid groups (broad SMARTS) is 1. The third-order valence-electron chi connectivity index (χ3n) is 6.38. The molecule has 2 heterocycles. The smallest absolute Gasteiger partial charge is 0.326 e. The van der Waals surface area contributed by atoms with Crippen molar-refractivity contribution in [3.63, 3.8) is 0 Å². The number of aromatic nitrogens is 1. The largest absolute Gasteiger partial charge is 0.480 e. The first-order chi connectivity index (χ1) is 17.6. The van der Waals surface area contributed by atoms with Crippen molar-refractivity contribution in [3.8, 4) is 0 Å². The molecule has 0 aliphatic carbocycles. The molecule has 1 saturated heterocycles. The number of aliphatic carboxylic acids is 1. The van der Waals surface area contributed by atoms with E-state index in [1.165, 1.54) is 0 Å². The molecule has 0 bridgehead atoms. The highest BCUT2D eigenvalue weighted by Crippen LogP contribution is 2.19. The molecule has 1 aromatic heterocycles. The Labute approximate surface area is 214 Å². The van der Waals surface area contributed by atoms with Gasteiger partial charge in [-0.05, 0) is 36.9 Å². The minimum absolute atomic E-state index is 0.114. The van der Waals surface area contributed by atoms with Crippen LogP contribution < -0.4 is 27.0 Å². The van der Waals surface area contributed by atoms with Crippen LogP contribution in [0.3, 0.4) is 0 Å². The fourth-order valence-electron chi connectivity index (χ4n) is 4.36. The monoisotopic (exact) mass is 514 g/mol. The van der Waals surface area contributed by atoms with Gasteiger partial charge < -0.3 is 37.1 Å². The summed E-state index contributed by atoms with van der Waals surface area (Å²) < 4.78 is 0. The van der Waals surface area contributed by atoms with Crippen molar-refractivity contribution in [1.29, 1.82) is 0 Å². The lowest BCUT2D eigenvalue weighted by atomic mass is 10.0. The van der Waals surface area contributed by atoms with Crippen molar-refractivity contribution >= 4 is 40.5 Å². The lowest BCUT2D eigenvalue weighted by molar-refractivity contribution is -0.143. The van der Waals surface area contributed by atoms with Crippen LogP contribution >= 0.6 is 0 Å². The number of hydrogen-bond donors (Lipinski definition) is 7. The maximum atomic E-state index is 13.4. The van der Waals surface area contributed by atoms with Crippen LogP contribution in [-0.2, 0) is 30.4 Å². The number of nitrogens with one attached hydrogen (secondary N) is 5. The third kappa shape index (κ3) is 7.29. The fraction of sp³-hybridized carbons (Fsp3) is 0.480. The van der Waals surface area contributed by atoms with Crippen molar-refractivity contribution in [3.05, 3.63) is 36.0 Å². The molecule has 12 heteroatoms. The van der Waals surface area contributed by atoms with Gasteiger partial charge in [-0.3, -0.25) is 19.2 Å². The molecule has 0 radical (unpaired) electrons. The molecule has 1 aliphatic rings. The van der Waals surface area contributed by atoms with Crippen LogP contribution in [0.15, 0.2) is 30.5 Å². The number of nitrogens with two attached hydrogens (primary N) is 1. The standard InChI is InChI=1S/C25H34N6O6/c1-13(2)21(25(36)37)31-24(35)19(11-20(26)32)30-23(34)18(29-22(33)17-8-5-9-27-17)10-14-12-28-16-7-4-3-6-15(14)16/h3-4,6-7,12-13,17-19,21,27-28H,5,8-11H2,1-2H3,(H2,26,32)(H,29,33)(H,30,34)(H,31,35)(H,36,37). The number of H-pyrrole nitrogens is 1. The van der Waals surface area contributed by atoms with E-state index in [1.54, 1.807) is 20.0 Å².